The highest BCUT2D eigenvalue weighted by Gasteiger charge is 2.21. The Labute approximate surface area is 111 Å². The van der Waals surface area contributed by atoms with E-state index < -0.39 is 0 Å². The van der Waals surface area contributed by atoms with Gasteiger partial charge in [-0.05, 0) is 25.0 Å². The number of nitrogens with two attached hydrogens (primary N) is 1. The van der Waals surface area contributed by atoms with Crippen molar-refractivity contribution < 1.29 is 0 Å². The summed E-state index contributed by atoms with van der Waals surface area (Å²) >= 11 is 6.05. The average Bonchev–Trinajstić information content (AvgIpc) is 2.78. The Morgan fingerprint density at radius 2 is 2.19 bits per heavy atom. The predicted octanol–water partition coefficient (Wildman–Crippen LogP) is 3.03. The average molecular weight is 273 g/mol. The van der Waals surface area contributed by atoms with Crippen LogP contribution in [0.3, 0.4) is 0 Å². The highest BCUT2D eigenvalue weighted by molar-refractivity contribution is 8.06. The minimum Gasteiger partial charge on any atom is -0.326 e. The van der Waals surface area contributed by atoms with Crippen molar-refractivity contribution in [3.05, 3.63) is 21.9 Å². The van der Waals surface area contributed by atoms with Crippen LogP contribution >= 0.6 is 34.9 Å². The molecule has 0 aromatic carbocycles. The molecule has 0 bridgehead atoms. The van der Waals surface area contributed by atoms with E-state index in [-0.39, 0.29) is 0 Å². The summed E-state index contributed by atoms with van der Waals surface area (Å²) in [5.41, 5.74) is 6.30. The van der Waals surface area contributed by atoms with E-state index in [4.69, 9.17) is 5.73 Å². The topological polar surface area (TPSA) is 26.0 Å². The third-order valence-electron chi connectivity index (χ3n) is 2.82. The van der Waals surface area contributed by atoms with E-state index in [0.29, 0.717) is 11.3 Å². The van der Waals surface area contributed by atoms with Gasteiger partial charge in [0.05, 0.1) is 0 Å². The summed E-state index contributed by atoms with van der Waals surface area (Å²) in [6.45, 7) is 2.21. The van der Waals surface area contributed by atoms with Crippen LogP contribution in [0, 0.1) is 0 Å². The number of thiophene rings is 1. The Bertz CT molecular complexity index is 318. The van der Waals surface area contributed by atoms with Crippen molar-refractivity contribution in [2.75, 3.05) is 17.3 Å². The lowest BCUT2D eigenvalue weighted by Crippen LogP contribution is -2.37. The first-order chi connectivity index (χ1) is 7.79. The summed E-state index contributed by atoms with van der Waals surface area (Å²) in [5.74, 6) is 3.80. The third kappa shape index (κ3) is 3.42. The molecule has 1 aromatic heterocycles. The zero-order valence-corrected chi connectivity index (χ0v) is 12.1. The summed E-state index contributed by atoms with van der Waals surface area (Å²) in [5, 5.41) is 0.658. The molecule has 2 heterocycles. The summed E-state index contributed by atoms with van der Waals surface area (Å²) in [7, 11) is 0. The number of rotatable bonds is 4. The molecule has 2 atom stereocenters. The van der Waals surface area contributed by atoms with E-state index in [1.54, 1.807) is 0 Å². The molecule has 2 unspecified atom stereocenters. The van der Waals surface area contributed by atoms with E-state index in [9.17, 15) is 0 Å². The Hall–Kier alpha value is 0.360. The smallest absolute Gasteiger partial charge is 0.0293 e. The first-order valence-electron chi connectivity index (χ1n) is 5.82. The van der Waals surface area contributed by atoms with E-state index in [2.05, 4.69) is 42.6 Å². The molecule has 4 heteroatoms. The Morgan fingerprint density at radius 1 is 1.38 bits per heavy atom. The molecule has 2 rings (SSSR count). The molecule has 0 amide bonds. The molecule has 1 fully saturated rings. The van der Waals surface area contributed by atoms with E-state index >= 15 is 0 Å². The van der Waals surface area contributed by atoms with E-state index in [1.165, 1.54) is 27.0 Å². The molecule has 1 saturated heterocycles. The van der Waals surface area contributed by atoms with E-state index in [1.807, 2.05) is 11.3 Å². The minimum atomic E-state index is 0.334. The molecular formula is C12H19NS3. The highest BCUT2D eigenvalue weighted by Crippen LogP contribution is 2.28. The number of aryl methyl sites for hydroxylation is 1. The molecule has 16 heavy (non-hydrogen) atoms. The van der Waals surface area contributed by atoms with Crippen LogP contribution < -0.4 is 5.73 Å². The third-order valence-corrected chi connectivity index (χ3v) is 7.02. The minimum absolute atomic E-state index is 0.334. The number of hydrogen-bond acceptors (Lipinski definition) is 4. The quantitative estimate of drug-likeness (QED) is 0.913. The Balaban J connectivity index is 1.87. The van der Waals surface area contributed by atoms with Gasteiger partial charge in [-0.3, -0.25) is 0 Å². The van der Waals surface area contributed by atoms with Gasteiger partial charge in [-0.2, -0.15) is 23.5 Å². The summed E-state index contributed by atoms with van der Waals surface area (Å²) in [6.07, 6.45) is 2.21. The van der Waals surface area contributed by atoms with Gasteiger partial charge in [0, 0.05) is 38.3 Å². The molecule has 0 radical (unpaired) electrons. The van der Waals surface area contributed by atoms with Crippen molar-refractivity contribution in [2.24, 2.45) is 5.73 Å². The van der Waals surface area contributed by atoms with Crippen LogP contribution in [0.25, 0.3) is 0 Å². The van der Waals surface area contributed by atoms with Crippen molar-refractivity contribution in [3.63, 3.8) is 0 Å². The molecule has 2 N–H and O–H groups in total. The molecule has 90 valence electrons. The molecule has 0 spiro atoms. The van der Waals surface area contributed by atoms with Gasteiger partial charge in [-0.1, -0.05) is 6.92 Å². The second-order valence-electron chi connectivity index (χ2n) is 4.07. The number of thioether (sulfide) groups is 2. The highest BCUT2D eigenvalue weighted by atomic mass is 32.2. The largest absolute Gasteiger partial charge is 0.326 e. The van der Waals surface area contributed by atoms with Crippen LogP contribution in [0.2, 0.25) is 0 Å². The number of hydrogen-bond donors (Lipinski definition) is 1. The van der Waals surface area contributed by atoms with Crippen LogP contribution in [0.15, 0.2) is 12.1 Å². The van der Waals surface area contributed by atoms with Crippen molar-refractivity contribution in [2.45, 2.75) is 31.1 Å². The van der Waals surface area contributed by atoms with Gasteiger partial charge < -0.3 is 5.73 Å². The molecule has 1 aromatic rings. The fraction of sp³-hybridized carbons (Fsp3) is 0.667. The van der Waals surface area contributed by atoms with Gasteiger partial charge in [-0.25, -0.2) is 0 Å². The Morgan fingerprint density at radius 3 is 2.81 bits per heavy atom. The lowest BCUT2D eigenvalue weighted by molar-refractivity contribution is 0.670. The van der Waals surface area contributed by atoms with Crippen LogP contribution in [0.4, 0.5) is 0 Å². The second-order valence-corrected chi connectivity index (χ2v) is 7.82. The fourth-order valence-electron chi connectivity index (χ4n) is 1.84. The fourth-order valence-corrected chi connectivity index (χ4v) is 5.69. The van der Waals surface area contributed by atoms with Crippen LogP contribution in [-0.2, 0) is 12.8 Å². The summed E-state index contributed by atoms with van der Waals surface area (Å²) in [4.78, 5) is 2.94. The van der Waals surface area contributed by atoms with E-state index in [0.717, 1.165) is 12.8 Å². The van der Waals surface area contributed by atoms with Crippen molar-refractivity contribution in [1.82, 2.24) is 0 Å². The maximum atomic E-state index is 6.30. The van der Waals surface area contributed by atoms with Crippen LogP contribution in [0.1, 0.15) is 16.7 Å². The van der Waals surface area contributed by atoms with Gasteiger partial charge in [-0.15, -0.1) is 11.3 Å². The van der Waals surface area contributed by atoms with Crippen LogP contribution in [-0.4, -0.2) is 28.6 Å². The maximum absolute atomic E-state index is 6.30. The molecule has 1 nitrogen and oxygen atoms in total. The lowest BCUT2D eigenvalue weighted by atomic mass is 10.1. The van der Waals surface area contributed by atoms with Gasteiger partial charge in [0.15, 0.2) is 0 Å². The molecular weight excluding hydrogens is 254 g/mol. The predicted molar refractivity (Wildman–Crippen MR) is 78.9 cm³/mol. The van der Waals surface area contributed by atoms with Gasteiger partial charge in [0.25, 0.3) is 0 Å². The molecule has 1 aliphatic rings. The van der Waals surface area contributed by atoms with Gasteiger partial charge in [0.2, 0.25) is 0 Å². The lowest BCUT2D eigenvalue weighted by Gasteiger charge is -2.26. The van der Waals surface area contributed by atoms with Crippen molar-refractivity contribution >= 4 is 34.9 Å². The molecule has 0 aliphatic carbocycles. The SMILES string of the molecule is CCc1ccc(CC(N)C2CSCCS2)s1. The summed E-state index contributed by atoms with van der Waals surface area (Å²) < 4.78 is 0. The first-order valence-corrected chi connectivity index (χ1v) is 8.84. The molecule has 0 saturated carbocycles. The maximum Gasteiger partial charge on any atom is 0.0293 e. The summed E-state index contributed by atoms with van der Waals surface area (Å²) in [6, 6.07) is 4.83. The van der Waals surface area contributed by atoms with Gasteiger partial charge >= 0.3 is 0 Å². The normalized spacial score (nSPS) is 23.2. The zero-order chi connectivity index (χ0) is 11.4. The van der Waals surface area contributed by atoms with Crippen molar-refractivity contribution in [1.29, 1.82) is 0 Å². The second kappa shape index (κ2) is 6.34. The Kier molecular flexibility index (Phi) is 5.07. The monoisotopic (exact) mass is 273 g/mol. The molecule has 1 aliphatic heterocycles. The van der Waals surface area contributed by atoms with Crippen molar-refractivity contribution in [3.8, 4) is 0 Å². The first kappa shape index (κ1) is 12.8. The standard InChI is InChI=1S/C12H19NS3/c1-2-9-3-4-10(16-9)7-11(13)12-8-14-5-6-15-12/h3-4,11-12H,2,5-8,13H2,1H3. The van der Waals surface area contributed by atoms with Gasteiger partial charge in [0.1, 0.15) is 0 Å². The zero-order valence-electron chi connectivity index (χ0n) is 9.65. The van der Waals surface area contributed by atoms with Crippen LogP contribution in [0.5, 0.6) is 0 Å².